The van der Waals surface area contributed by atoms with E-state index in [0.717, 1.165) is 5.56 Å². The average molecular weight is 225 g/mol. The minimum atomic E-state index is -0.521. The molecule has 0 bridgehead atoms. The molecule has 1 aromatic rings. The quantitative estimate of drug-likeness (QED) is 0.850. The van der Waals surface area contributed by atoms with Gasteiger partial charge in [-0.25, -0.2) is 0 Å². The van der Waals surface area contributed by atoms with Crippen molar-refractivity contribution in [3.8, 4) is 17.2 Å². The summed E-state index contributed by atoms with van der Waals surface area (Å²) in [6.07, 6.45) is 0. The highest BCUT2D eigenvalue weighted by Gasteiger charge is 2.23. The van der Waals surface area contributed by atoms with Gasteiger partial charge in [0, 0.05) is 17.2 Å². The predicted octanol–water partition coefficient (Wildman–Crippen LogP) is 1.91. The first-order chi connectivity index (χ1) is 7.43. The van der Waals surface area contributed by atoms with Crippen molar-refractivity contribution >= 4 is 0 Å². The summed E-state index contributed by atoms with van der Waals surface area (Å²) in [5.41, 5.74) is 6.42. The zero-order valence-electron chi connectivity index (χ0n) is 10.5. The Kier molecular flexibility index (Phi) is 3.65. The molecule has 0 atom stereocenters. The van der Waals surface area contributed by atoms with Crippen LogP contribution in [0, 0.1) is 0 Å². The topological polar surface area (TPSA) is 53.7 Å². The molecule has 90 valence electrons. The van der Waals surface area contributed by atoms with Crippen LogP contribution < -0.4 is 19.9 Å². The van der Waals surface area contributed by atoms with Crippen LogP contribution in [0.4, 0.5) is 0 Å². The SMILES string of the molecule is COc1cc(OC)c(OC)c(C(C)(C)N)c1. The van der Waals surface area contributed by atoms with E-state index < -0.39 is 5.54 Å². The third kappa shape index (κ3) is 2.39. The summed E-state index contributed by atoms with van der Waals surface area (Å²) in [7, 11) is 4.79. The van der Waals surface area contributed by atoms with Gasteiger partial charge >= 0.3 is 0 Å². The molecule has 0 aromatic heterocycles. The molecule has 0 unspecified atom stereocenters. The van der Waals surface area contributed by atoms with Crippen LogP contribution >= 0.6 is 0 Å². The highest BCUT2D eigenvalue weighted by atomic mass is 16.5. The summed E-state index contributed by atoms with van der Waals surface area (Å²) in [4.78, 5) is 0. The lowest BCUT2D eigenvalue weighted by atomic mass is 9.94. The normalized spacial score (nSPS) is 11.1. The molecular formula is C12H19NO3. The molecular weight excluding hydrogens is 206 g/mol. The lowest BCUT2D eigenvalue weighted by Gasteiger charge is -2.24. The number of hydrogen-bond acceptors (Lipinski definition) is 4. The van der Waals surface area contributed by atoms with E-state index in [9.17, 15) is 0 Å². The molecule has 0 aliphatic rings. The third-order valence-corrected chi connectivity index (χ3v) is 2.38. The third-order valence-electron chi connectivity index (χ3n) is 2.38. The molecule has 4 nitrogen and oxygen atoms in total. The van der Waals surface area contributed by atoms with Gasteiger partial charge in [-0.1, -0.05) is 0 Å². The van der Waals surface area contributed by atoms with Gasteiger partial charge in [-0.3, -0.25) is 0 Å². The summed E-state index contributed by atoms with van der Waals surface area (Å²) >= 11 is 0. The first-order valence-electron chi connectivity index (χ1n) is 5.03. The van der Waals surface area contributed by atoms with Crippen LogP contribution in [0.1, 0.15) is 19.4 Å². The second-order valence-corrected chi connectivity index (χ2v) is 4.13. The largest absolute Gasteiger partial charge is 0.497 e. The number of methoxy groups -OCH3 is 3. The molecule has 1 rings (SSSR count). The fourth-order valence-corrected chi connectivity index (χ4v) is 1.54. The molecule has 0 saturated heterocycles. The minimum Gasteiger partial charge on any atom is -0.497 e. The molecule has 0 aliphatic heterocycles. The molecule has 4 heteroatoms. The van der Waals surface area contributed by atoms with Crippen molar-refractivity contribution in [1.82, 2.24) is 0 Å². The van der Waals surface area contributed by atoms with E-state index in [2.05, 4.69) is 0 Å². The van der Waals surface area contributed by atoms with Gasteiger partial charge in [0.1, 0.15) is 5.75 Å². The Morgan fingerprint density at radius 1 is 1.00 bits per heavy atom. The first kappa shape index (κ1) is 12.6. The van der Waals surface area contributed by atoms with Gasteiger partial charge in [-0.15, -0.1) is 0 Å². The van der Waals surface area contributed by atoms with E-state index in [1.807, 2.05) is 19.9 Å². The van der Waals surface area contributed by atoms with Gasteiger partial charge in [0.05, 0.1) is 21.3 Å². The van der Waals surface area contributed by atoms with E-state index in [4.69, 9.17) is 19.9 Å². The number of ether oxygens (including phenoxy) is 3. The molecule has 16 heavy (non-hydrogen) atoms. The van der Waals surface area contributed by atoms with Crippen molar-refractivity contribution in [2.24, 2.45) is 5.73 Å². The van der Waals surface area contributed by atoms with E-state index in [1.54, 1.807) is 27.4 Å². The van der Waals surface area contributed by atoms with Crippen LogP contribution in [0.3, 0.4) is 0 Å². The van der Waals surface area contributed by atoms with Gasteiger partial charge in [0.15, 0.2) is 11.5 Å². The van der Waals surface area contributed by atoms with Crippen LogP contribution in [-0.4, -0.2) is 21.3 Å². The van der Waals surface area contributed by atoms with Crippen molar-refractivity contribution in [3.63, 3.8) is 0 Å². The van der Waals surface area contributed by atoms with Gasteiger partial charge in [-0.2, -0.15) is 0 Å². The first-order valence-corrected chi connectivity index (χ1v) is 5.03. The lowest BCUT2D eigenvalue weighted by Crippen LogP contribution is -2.29. The molecule has 0 spiro atoms. The summed E-state index contributed by atoms with van der Waals surface area (Å²) < 4.78 is 15.8. The second kappa shape index (κ2) is 4.61. The Hall–Kier alpha value is -1.42. The number of hydrogen-bond donors (Lipinski definition) is 1. The number of benzene rings is 1. The highest BCUT2D eigenvalue weighted by Crippen LogP contribution is 2.39. The molecule has 0 heterocycles. The Morgan fingerprint density at radius 3 is 2.00 bits per heavy atom. The van der Waals surface area contributed by atoms with Crippen molar-refractivity contribution in [2.45, 2.75) is 19.4 Å². The maximum absolute atomic E-state index is 6.09. The van der Waals surface area contributed by atoms with E-state index in [-0.39, 0.29) is 0 Å². The smallest absolute Gasteiger partial charge is 0.166 e. The maximum atomic E-state index is 6.09. The molecule has 2 N–H and O–H groups in total. The Labute approximate surface area is 96.3 Å². The fraction of sp³-hybridized carbons (Fsp3) is 0.500. The maximum Gasteiger partial charge on any atom is 0.166 e. The molecule has 1 aromatic carbocycles. The minimum absolute atomic E-state index is 0.521. The Bertz CT molecular complexity index is 369. The van der Waals surface area contributed by atoms with Crippen molar-refractivity contribution in [1.29, 1.82) is 0 Å². The van der Waals surface area contributed by atoms with Gasteiger partial charge in [0.25, 0.3) is 0 Å². The molecule has 0 aliphatic carbocycles. The average Bonchev–Trinajstić information content (AvgIpc) is 2.25. The zero-order chi connectivity index (χ0) is 12.3. The lowest BCUT2D eigenvalue weighted by molar-refractivity contribution is 0.337. The van der Waals surface area contributed by atoms with Crippen LogP contribution in [0.25, 0.3) is 0 Å². The van der Waals surface area contributed by atoms with Gasteiger partial charge in [0.2, 0.25) is 0 Å². The van der Waals surface area contributed by atoms with Gasteiger partial charge < -0.3 is 19.9 Å². The monoisotopic (exact) mass is 225 g/mol. The van der Waals surface area contributed by atoms with E-state index in [1.165, 1.54) is 0 Å². The van der Waals surface area contributed by atoms with E-state index >= 15 is 0 Å². The van der Waals surface area contributed by atoms with Crippen molar-refractivity contribution in [2.75, 3.05) is 21.3 Å². The van der Waals surface area contributed by atoms with Crippen LogP contribution in [0.2, 0.25) is 0 Å². The summed E-state index contributed by atoms with van der Waals surface area (Å²) in [6.45, 7) is 3.81. The molecule has 0 saturated carbocycles. The van der Waals surface area contributed by atoms with Crippen molar-refractivity contribution in [3.05, 3.63) is 17.7 Å². The molecule has 0 fully saturated rings. The Balaban J connectivity index is 3.43. The van der Waals surface area contributed by atoms with E-state index in [0.29, 0.717) is 17.2 Å². The fourth-order valence-electron chi connectivity index (χ4n) is 1.54. The highest BCUT2D eigenvalue weighted by molar-refractivity contribution is 5.54. The zero-order valence-corrected chi connectivity index (χ0v) is 10.5. The predicted molar refractivity (Wildman–Crippen MR) is 63.3 cm³/mol. The summed E-state index contributed by atoms with van der Waals surface area (Å²) in [6, 6.07) is 3.63. The summed E-state index contributed by atoms with van der Waals surface area (Å²) in [5.74, 6) is 1.97. The Morgan fingerprint density at radius 2 is 1.62 bits per heavy atom. The molecule has 0 amide bonds. The summed E-state index contributed by atoms with van der Waals surface area (Å²) in [5, 5.41) is 0. The number of rotatable bonds is 4. The standard InChI is InChI=1S/C12H19NO3/c1-12(2,13)9-6-8(14-3)7-10(15-4)11(9)16-5/h6-7H,13H2,1-5H3. The number of nitrogens with two attached hydrogens (primary N) is 1. The molecule has 0 radical (unpaired) electrons. The van der Waals surface area contributed by atoms with Crippen molar-refractivity contribution < 1.29 is 14.2 Å². The van der Waals surface area contributed by atoms with Crippen LogP contribution in [0.5, 0.6) is 17.2 Å². The van der Waals surface area contributed by atoms with Crippen LogP contribution in [0.15, 0.2) is 12.1 Å². The van der Waals surface area contributed by atoms with Gasteiger partial charge in [-0.05, 0) is 19.9 Å². The van der Waals surface area contributed by atoms with Crippen LogP contribution in [-0.2, 0) is 5.54 Å². The second-order valence-electron chi connectivity index (χ2n) is 4.13.